The van der Waals surface area contributed by atoms with Crippen molar-refractivity contribution in [2.45, 2.75) is 19.9 Å². The minimum Gasteiger partial charge on any atom is -0.377 e. The zero-order chi connectivity index (χ0) is 10.8. The molecular weight excluding hydrogens is 192 g/mol. The summed E-state index contributed by atoms with van der Waals surface area (Å²) in [6.07, 6.45) is 0. The van der Waals surface area contributed by atoms with Gasteiger partial charge in [-0.15, -0.1) is 0 Å². The second kappa shape index (κ2) is 3.98. The van der Waals surface area contributed by atoms with E-state index in [0.717, 1.165) is 11.4 Å². The maximum absolute atomic E-state index is 11.8. The van der Waals surface area contributed by atoms with E-state index >= 15 is 0 Å². The molecule has 1 saturated heterocycles. The van der Waals surface area contributed by atoms with Crippen LogP contribution in [0.5, 0.6) is 0 Å². The van der Waals surface area contributed by atoms with Crippen LogP contribution in [0.25, 0.3) is 0 Å². The van der Waals surface area contributed by atoms with Gasteiger partial charge >= 0.3 is 0 Å². The first-order valence-electron chi connectivity index (χ1n) is 4.99. The van der Waals surface area contributed by atoms with Gasteiger partial charge in [-0.2, -0.15) is 0 Å². The summed E-state index contributed by atoms with van der Waals surface area (Å²) in [6, 6.07) is 3.82. The van der Waals surface area contributed by atoms with Crippen LogP contribution >= 0.6 is 0 Å². The Morgan fingerprint density at radius 3 is 2.73 bits per heavy atom. The second-order valence-corrected chi connectivity index (χ2v) is 3.79. The molecular formula is C11H14N2O2. The number of rotatable bonds is 2. The molecule has 1 aliphatic rings. The van der Waals surface area contributed by atoms with Gasteiger partial charge in [0.15, 0.2) is 0 Å². The fourth-order valence-corrected chi connectivity index (χ4v) is 1.51. The summed E-state index contributed by atoms with van der Waals surface area (Å²) in [4.78, 5) is 16.0. The van der Waals surface area contributed by atoms with Crippen molar-refractivity contribution in [3.63, 3.8) is 0 Å². The third-order valence-corrected chi connectivity index (χ3v) is 2.44. The SMILES string of the molecule is Cc1ccc(C(=O)NC2COC2)c(C)n1. The fraction of sp³-hybridized carbons (Fsp3) is 0.455. The first-order chi connectivity index (χ1) is 7.16. The highest BCUT2D eigenvalue weighted by atomic mass is 16.5. The van der Waals surface area contributed by atoms with Crippen LogP contribution in [0, 0.1) is 13.8 Å². The summed E-state index contributed by atoms with van der Waals surface area (Å²) in [5.41, 5.74) is 2.34. The van der Waals surface area contributed by atoms with E-state index in [1.54, 1.807) is 0 Å². The van der Waals surface area contributed by atoms with Gasteiger partial charge in [-0.1, -0.05) is 0 Å². The minimum absolute atomic E-state index is 0.0618. The lowest BCUT2D eigenvalue weighted by Gasteiger charge is -2.26. The number of nitrogens with one attached hydrogen (secondary N) is 1. The highest BCUT2D eigenvalue weighted by molar-refractivity contribution is 5.95. The topological polar surface area (TPSA) is 51.2 Å². The lowest BCUT2D eigenvalue weighted by Crippen LogP contribution is -2.48. The van der Waals surface area contributed by atoms with Crippen LogP contribution in [-0.4, -0.2) is 30.1 Å². The summed E-state index contributed by atoms with van der Waals surface area (Å²) in [5.74, 6) is -0.0618. The van der Waals surface area contributed by atoms with Gasteiger partial charge in [0.1, 0.15) is 0 Å². The van der Waals surface area contributed by atoms with Gasteiger partial charge in [-0.05, 0) is 26.0 Å². The first-order valence-corrected chi connectivity index (χ1v) is 4.99. The normalized spacial score (nSPS) is 15.9. The Bertz CT molecular complexity index is 386. The maximum atomic E-state index is 11.8. The number of hydrogen-bond acceptors (Lipinski definition) is 3. The Morgan fingerprint density at radius 1 is 1.47 bits per heavy atom. The molecule has 80 valence electrons. The molecule has 1 fully saturated rings. The highest BCUT2D eigenvalue weighted by Gasteiger charge is 2.21. The van der Waals surface area contributed by atoms with Crippen molar-refractivity contribution in [1.82, 2.24) is 10.3 Å². The van der Waals surface area contributed by atoms with Gasteiger partial charge < -0.3 is 10.1 Å². The zero-order valence-electron chi connectivity index (χ0n) is 8.91. The fourth-order valence-electron chi connectivity index (χ4n) is 1.51. The Hall–Kier alpha value is -1.42. The van der Waals surface area contributed by atoms with Crippen molar-refractivity contribution in [2.24, 2.45) is 0 Å². The van der Waals surface area contributed by atoms with Gasteiger partial charge in [-0.25, -0.2) is 0 Å². The van der Waals surface area contributed by atoms with Crippen LogP contribution in [0.15, 0.2) is 12.1 Å². The van der Waals surface area contributed by atoms with Gasteiger partial charge in [0.05, 0.1) is 30.5 Å². The Morgan fingerprint density at radius 2 is 2.20 bits per heavy atom. The predicted octanol–water partition coefficient (Wildman–Crippen LogP) is 0.827. The Kier molecular flexibility index (Phi) is 2.68. The molecule has 0 radical (unpaired) electrons. The number of aromatic nitrogens is 1. The van der Waals surface area contributed by atoms with Crippen LogP contribution in [0.1, 0.15) is 21.7 Å². The number of carbonyl (C=O) groups is 1. The molecule has 2 rings (SSSR count). The number of amides is 1. The van der Waals surface area contributed by atoms with Gasteiger partial charge in [0.25, 0.3) is 5.91 Å². The van der Waals surface area contributed by atoms with E-state index in [-0.39, 0.29) is 11.9 Å². The molecule has 0 spiro atoms. The molecule has 0 atom stereocenters. The van der Waals surface area contributed by atoms with Crippen LogP contribution in [-0.2, 0) is 4.74 Å². The summed E-state index contributed by atoms with van der Waals surface area (Å²) >= 11 is 0. The number of carbonyl (C=O) groups excluding carboxylic acids is 1. The van der Waals surface area contributed by atoms with Gasteiger partial charge in [-0.3, -0.25) is 9.78 Å². The van der Waals surface area contributed by atoms with E-state index in [2.05, 4.69) is 10.3 Å². The summed E-state index contributed by atoms with van der Waals surface area (Å²) in [7, 11) is 0. The molecule has 0 unspecified atom stereocenters. The van der Waals surface area contributed by atoms with Crippen molar-refractivity contribution >= 4 is 5.91 Å². The lowest BCUT2D eigenvalue weighted by molar-refractivity contribution is -0.00348. The molecule has 4 heteroatoms. The smallest absolute Gasteiger partial charge is 0.253 e. The summed E-state index contributed by atoms with van der Waals surface area (Å²) in [6.45, 7) is 4.99. The molecule has 1 aliphatic heterocycles. The van der Waals surface area contributed by atoms with Crippen molar-refractivity contribution in [3.8, 4) is 0 Å². The molecule has 1 aromatic rings. The third-order valence-electron chi connectivity index (χ3n) is 2.44. The van der Waals surface area contributed by atoms with E-state index in [0.29, 0.717) is 18.8 Å². The molecule has 0 aliphatic carbocycles. The van der Waals surface area contributed by atoms with Crippen molar-refractivity contribution in [2.75, 3.05) is 13.2 Å². The van der Waals surface area contributed by atoms with Gasteiger partial charge in [0, 0.05) is 5.69 Å². The molecule has 0 bridgehead atoms. The minimum atomic E-state index is -0.0618. The van der Waals surface area contributed by atoms with E-state index < -0.39 is 0 Å². The monoisotopic (exact) mass is 206 g/mol. The molecule has 1 aromatic heterocycles. The first kappa shape index (κ1) is 10.1. The number of aryl methyl sites for hydroxylation is 2. The molecule has 15 heavy (non-hydrogen) atoms. The zero-order valence-corrected chi connectivity index (χ0v) is 8.91. The molecule has 1 amide bonds. The maximum Gasteiger partial charge on any atom is 0.253 e. The molecule has 0 saturated carbocycles. The largest absolute Gasteiger partial charge is 0.377 e. The average molecular weight is 206 g/mol. The third kappa shape index (κ3) is 2.15. The van der Waals surface area contributed by atoms with Crippen molar-refractivity contribution < 1.29 is 9.53 Å². The highest BCUT2D eigenvalue weighted by Crippen LogP contribution is 2.08. The molecule has 4 nitrogen and oxygen atoms in total. The predicted molar refractivity (Wildman–Crippen MR) is 55.8 cm³/mol. The van der Waals surface area contributed by atoms with Crippen LogP contribution in [0.4, 0.5) is 0 Å². The van der Waals surface area contributed by atoms with Crippen LogP contribution in [0.3, 0.4) is 0 Å². The number of ether oxygens (including phenoxy) is 1. The van der Waals surface area contributed by atoms with E-state index in [4.69, 9.17) is 4.74 Å². The van der Waals surface area contributed by atoms with Crippen LogP contribution < -0.4 is 5.32 Å². The van der Waals surface area contributed by atoms with E-state index in [9.17, 15) is 4.79 Å². The van der Waals surface area contributed by atoms with E-state index in [1.165, 1.54) is 0 Å². The standard InChI is InChI=1S/C11H14N2O2/c1-7-3-4-10(8(2)12-7)11(14)13-9-5-15-6-9/h3-4,9H,5-6H2,1-2H3,(H,13,14). The molecule has 0 aromatic carbocycles. The Labute approximate surface area is 88.7 Å². The van der Waals surface area contributed by atoms with Crippen molar-refractivity contribution in [3.05, 3.63) is 29.1 Å². The van der Waals surface area contributed by atoms with Crippen LogP contribution in [0.2, 0.25) is 0 Å². The summed E-state index contributed by atoms with van der Waals surface area (Å²) < 4.78 is 4.99. The number of nitrogens with zero attached hydrogens (tertiary/aromatic N) is 1. The lowest BCUT2D eigenvalue weighted by atomic mass is 10.1. The quantitative estimate of drug-likeness (QED) is 0.779. The van der Waals surface area contributed by atoms with Crippen molar-refractivity contribution in [1.29, 1.82) is 0 Å². The molecule has 2 heterocycles. The van der Waals surface area contributed by atoms with E-state index in [1.807, 2.05) is 26.0 Å². The number of hydrogen-bond donors (Lipinski definition) is 1. The average Bonchev–Trinajstić information content (AvgIpc) is 2.11. The number of pyridine rings is 1. The second-order valence-electron chi connectivity index (χ2n) is 3.79. The van der Waals surface area contributed by atoms with Gasteiger partial charge in [0.2, 0.25) is 0 Å². The summed E-state index contributed by atoms with van der Waals surface area (Å²) in [5, 5.41) is 2.89. The molecule has 1 N–H and O–H groups in total. The Balaban J connectivity index is 2.10.